The van der Waals surface area contributed by atoms with E-state index < -0.39 is 0 Å². The van der Waals surface area contributed by atoms with Crippen molar-refractivity contribution in [2.75, 3.05) is 0 Å². The Bertz CT molecular complexity index is 469. The highest BCUT2D eigenvalue weighted by Crippen LogP contribution is 2.23. The quantitative estimate of drug-likeness (QED) is 0.745. The van der Waals surface area contributed by atoms with Gasteiger partial charge >= 0.3 is 0 Å². The number of phenols is 1. The Morgan fingerprint density at radius 2 is 1.88 bits per heavy atom. The molecule has 0 spiro atoms. The lowest BCUT2D eigenvalue weighted by Gasteiger charge is -2.07. The summed E-state index contributed by atoms with van der Waals surface area (Å²) >= 11 is 0. The van der Waals surface area contributed by atoms with Crippen molar-refractivity contribution in [3.8, 4) is 5.75 Å². The summed E-state index contributed by atoms with van der Waals surface area (Å²) in [6, 6.07) is 3.31. The first kappa shape index (κ1) is 10.7. The number of phenolic OH excluding ortho intramolecular Hbond substituents is 1. The molecule has 4 nitrogen and oxygen atoms in total. The molecule has 1 heterocycles. The smallest absolute Gasteiger partial charge is 0.250 e. The third kappa shape index (κ3) is 1.66. The van der Waals surface area contributed by atoms with Gasteiger partial charge in [0.2, 0.25) is 5.91 Å². The molecule has 2 rings (SSSR count). The molecule has 1 aliphatic rings. The molecule has 84 valence electrons. The van der Waals surface area contributed by atoms with Gasteiger partial charge in [0.25, 0.3) is 0 Å². The van der Waals surface area contributed by atoms with Crippen molar-refractivity contribution in [1.29, 1.82) is 0 Å². The fraction of sp³-hybridized carbons (Fsp3) is 0.333. The first-order valence-corrected chi connectivity index (χ1v) is 5.18. The minimum atomic E-state index is -0.329. The van der Waals surface area contributed by atoms with Gasteiger partial charge in [-0.05, 0) is 44.0 Å². The first-order chi connectivity index (χ1) is 7.49. The summed E-state index contributed by atoms with van der Waals surface area (Å²) in [5.41, 5.74) is 2.41. The summed E-state index contributed by atoms with van der Waals surface area (Å²) < 4.78 is 0. The molecule has 2 N–H and O–H groups in total. The third-order valence-corrected chi connectivity index (χ3v) is 2.71. The van der Waals surface area contributed by atoms with E-state index in [9.17, 15) is 9.90 Å². The maximum atomic E-state index is 11.3. The van der Waals surface area contributed by atoms with Crippen LogP contribution in [0.4, 0.5) is 0 Å². The SMILES string of the molecule is Cc1cc(C2=NC(C)C(=O)N2)cc(C)c1O. The highest BCUT2D eigenvalue weighted by molar-refractivity contribution is 6.13. The fourth-order valence-corrected chi connectivity index (χ4v) is 1.75. The van der Waals surface area contributed by atoms with E-state index in [0.29, 0.717) is 11.6 Å². The molecule has 16 heavy (non-hydrogen) atoms. The number of amidine groups is 1. The number of benzene rings is 1. The van der Waals surface area contributed by atoms with Gasteiger partial charge in [-0.15, -0.1) is 0 Å². The van der Waals surface area contributed by atoms with Crippen LogP contribution in [0.2, 0.25) is 0 Å². The van der Waals surface area contributed by atoms with Crippen LogP contribution in [0.3, 0.4) is 0 Å². The van der Waals surface area contributed by atoms with Gasteiger partial charge in [0.15, 0.2) is 0 Å². The highest BCUT2D eigenvalue weighted by Gasteiger charge is 2.23. The van der Waals surface area contributed by atoms with Gasteiger partial charge in [-0.2, -0.15) is 0 Å². The molecule has 1 aliphatic heterocycles. The summed E-state index contributed by atoms with van der Waals surface area (Å²) in [6.07, 6.45) is 0. The predicted octanol–water partition coefficient (Wildman–Crippen LogP) is 1.27. The van der Waals surface area contributed by atoms with Crippen molar-refractivity contribution < 1.29 is 9.90 Å². The number of hydrogen-bond acceptors (Lipinski definition) is 3. The average molecular weight is 218 g/mol. The zero-order valence-electron chi connectivity index (χ0n) is 9.53. The number of carbonyl (C=O) groups is 1. The van der Waals surface area contributed by atoms with Crippen LogP contribution < -0.4 is 5.32 Å². The maximum absolute atomic E-state index is 11.3. The Morgan fingerprint density at radius 1 is 1.31 bits per heavy atom. The van der Waals surface area contributed by atoms with E-state index in [2.05, 4.69) is 10.3 Å². The number of amides is 1. The van der Waals surface area contributed by atoms with E-state index in [-0.39, 0.29) is 11.9 Å². The van der Waals surface area contributed by atoms with Gasteiger partial charge in [-0.3, -0.25) is 9.79 Å². The molecular weight excluding hydrogens is 204 g/mol. The lowest BCUT2D eigenvalue weighted by atomic mass is 10.1. The summed E-state index contributed by atoms with van der Waals surface area (Å²) in [6.45, 7) is 5.40. The Hall–Kier alpha value is -1.84. The highest BCUT2D eigenvalue weighted by atomic mass is 16.3. The molecule has 0 aliphatic carbocycles. The lowest BCUT2D eigenvalue weighted by Crippen LogP contribution is -2.28. The van der Waals surface area contributed by atoms with Crippen LogP contribution in [-0.4, -0.2) is 22.9 Å². The normalized spacial score (nSPS) is 19.6. The van der Waals surface area contributed by atoms with Crippen LogP contribution in [0.1, 0.15) is 23.6 Å². The standard InChI is InChI=1S/C12H14N2O2/c1-6-4-9(5-7(2)10(6)15)11-13-8(3)12(16)14-11/h4-5,8,15H,1-3H3,(H,13,14,16). The second kappa shape index (κ2) is 3.63. The Labute approximate surface area is 94.0 Å². The van der Waals surface area contributed by atoms with E-state index in [1.807, 2.05) is 26.0 Å². The molecular formula is C12H14N2O2. The van der Waals surface area contributed by atoms with Gasteiger partial charge in [-0.1, -0.05) is 0 Å². The van der Waals surface area contributed by atoms with Crippen LogP contribution in [0.25, 0.3) is 0 Å². The minimum absolute atomic E-state index is 0.0848. The Balaban J connectivity index is 2.43. The van der Waals surface area contributed by atoms with Crippen molar-refractivity contribution in [3.63, 3.8) is 0 Å². The zero-order chi connectivity index (χ0) is 11.9. The molecule has 1 aromatic carbocycles. The van der Waals surface area contributed by atoms with E-state index in [0.717, 1.165) is 16.7 Å². The molecule has 0 bridgehead atoms. The van der Waals surface area contributed by atoms with E-state index in [1.165, 1.54) is 0 Å². The van der Waals surface area contributed by atoms with Crippen molar-refractivity contribution >= 4 is 11.7 Å². The van der Waals surface area contributed by atoms with Crippen molar-refractivity contribution in [1.82, 2.24) is 5.32 Å². The number of aliphatic imine (C=N–C) groups is 1. The van der Waals surface area contributed by atoms with E-state index in [4.69, 9.17) is 0 Å². The number of aryl methyl sites for hydroxylation is 2. The molecule has 0 saturated heterocycles. The van der Waals surface area contributed by atoms with Gasteiger partial charge in [-0.25, -0.2) is 0 Å². The average Bonchev–Trinajstić information content (AvgIpc) is 2.55. The lowest BCUT2D eigenvalue weighted by molar-refractivity contribution is -0.119. The summed E-state index contributed by atoms with van der Waals surface area (Å²) in [5, 5.41) is 12.4. The Morgan fingerprint density at radius 3 is 2.31 bits per heavy atom. The number of aromatic hydroxyl groups is 1. The van der Waals surface area contributed by atoms with Crippen LogP contribution in [-0.2, 0) is 4.79 Å². The van der Waals surface area contributed by atoms with Crippen molar-refractivity contribution in [3.05, 3.63) is 28.8 Å². The fourth-order valence-electron chi connectivity index (χ4n) is 1.75. The summed E-state index contributed by atoms with van der Waals surface area (Å²) in [5.74, 6) is 0.795. The topological polar surface area (TPSA) is 61.7 Å². The van der Waals surface area contributed by atoms with Gasteiger partial charge < -0.3 is 10.4 Å². The summed E-state index contributed by atoms with van der Waals surface area (Å²) in [7, 11) is 0. The van der Waals surface area contributed by atoms with Crippen LogP contribution in [0.15, 0.2) is 17.1 Å². The number of nitrogens with one attached hydrogen (secondary N) is 1. The van der Waals surface area contributed by atoms with Gasteiger partial charge in [0.05, 0.1) is 0 Å². The van der Waals surface area contributed by atoms with Gasteiger partial charge in [0, 0.05) is 5.56 Å². The second-order valence-electron chi connectivity index (χ2n) is 4.10. The Kier molecular flexibility index (Phi) is 2.42. The molecule has 0 fully saturated rings. The molecule has 0 aromatic heterocycles. The molecule has 4 heteroatoms. The summed E-state index contributed by atoms with van der Waals surface area (Å²) in [4.78, 5) is 15.5. The van der Waals surface area contributed by atoms with Crippen LogP contribution >= 0.6 is 0 Å². The van der Waals surface area contributed by atoms with E-state index >= 15 is 0 Å². The number of hydrogen-bond donors (Lipinski definition) is 2. The molecule has 1 atom stereocenters. The molecule has 0 radical (unpaired) electrons. The minimum Gasteiger partial charge on any atom is -0.507 e. The van der Waals surface area contributed by atoms with Crippen LogP contribution in [0.5, 0.6) is 5.75 Å². The largest absolute Gasteiger partial charge is 0.507 e. The van der Waals surface area contributed by atoms with Crippen molar-refractivity contribution in [2.45, 2.75) is 26.8 Å². The third-order valence-electron chi connectivity index (χ3n) is 2.71. The maximum Gasteiger partial charge on any atom is 0.250 e. The van der Waals surface area contributed by atoms with Crippen LogP contribution in [0, 0.1) is 13.8 Å². The zero-order valence-corrected chi connectivity index (χ0v) is 9.53. The number of carbonyl (C=O) groups excluding carboxylic acids is 1. The number of nitrogens with zero attached hydrogens (tertiary/aromatic N) is 1. The van der Waals surface area contributed by atoms with E-state index in [1.54, 1.807) is 6.92 Å². The number of rotatable bonds is 1. The molecule has 1 aromatic rings. The monoisotopic (exact) mass is 218 g/mol. The predicted molar refractivity (Wildman–Crippen MR) is 61.7 cm³/mol. The second-order valence-corrected chi connectivity index (χ2v) is 4.10. The molecule has 0 saturated carbocycles. The first-order valence-electron chi connectivity index (χ1n) is 5.18. The van der Waals surface area contributed by atoms with Gasteiger partial charge in [0.1, 0.15) is 17.6 Å². The molecule has 1 unspecified atom stereocenters. The molecule has 1 amide bonds. The van der Waals surface area contributed by atoms with Crippen molar-refractivity contribution in [2.24, 2.45) is 4.99 Å².